The van der Waals surface area contributed by atoms with Gasteiger partial charge in [-0.3, -0.25) is 4.79 Å². The largest absolute Gasteiger partial charge is 0.493 e. The Balaban J connectivity index is 1.98. The number of methoxy groups -OCH3 is 1. The highest BCUT2D eigenvalue weighted by atomic mass is 16.5. The number of carbonyl (C=O) groups is 1. The Morgan fingerprint density at radius 2 is 1.92 bits per heavy atom. The summed E-state index contributed by atoms with van der Waals surface area (Å²) in [6.07, 6.45) is 3.46. The molecule has 0 bridgehead atoms. The van der Waals surface area contributed by atoms with Crippen molar-refractivity contribution in [2.75, 3.05) is 25.6 Å². The van der Waals surface area contributed by atoms with Gasteiger partial charge in [0.2, 0.25) is 0 Å². The molecule has 0 aromatic heterocycles. The molecule has 1 N–H and O–H groups in total. The Kier molecular flexibility index (Phi) is 7.55. The van der Waals surface area contributed by atoms with E-state index >= 15 is 0 Å². The molecule has 0 aliphatic heterocycles. The lowest BCUT2D eigenvalue weighted by Gasteiger charge is -2.14. The molecule has 0 aliphatic rings. The summed E-state index contributed by atoms with van der Waals surface area (Å²) in [7, 11) is 1.57. The predicted molar refractivity (Wildman–Crippen MR) is 103 cm³/mol. The molecule has 0 fully saturated rings. The lowest BCUT2D eigenvalue weighted by molar-refractivity contribution is -0.118. The molecule has 0 spiro atoms. The molecule has 0 aliphatic carbocycles. The lowest BCUT2D eigenvalue weighted by Crippen LogP contribution is -2.20. The summed E-state index contributed by atoms with van der Waals surface area (Å²) in [5, 5.41) is 2.82. The topological polar surface area (TPSA) is 56.8 Å². The minimum absolute atomic E-state index is 0.126. The van der Waals surface area contributed by atoms with Crippen LogP contribution in [0.1, 0.15) is 18.9 Å². The first-order chi connectivity index (χ1) is 12.7. The zero-order valence-corrected chi connectivity index (χ0v) is 15.3. The molecule has 0 saturated carbocycles. The Hall–Kier alpha value is -2.95. The van der Waals surface area contributed by atoms with Crippen LogP contribution in [0, 0.1) is 0 Å². The van der Waals surface area contributed by atoms with E-state index in [1.165, 1.54) is 0 Å². The molecule has 138 valence electrons. The van der Waals surface area contributed by atoms with Gasteiger partial charge in [0.15, 0.2) is 18.1 Å². The van der Waals surface area contributed by atoms with Gasteiger partial charge >= 0.3 is 0 Å². The lowest BCUT2D eigenvalue weighted by atomic mass is 10.1. The van der Waals surface area contributed by atoms with Crippen LogP contribution in [0.5, 0.6) is 17.2 Å². The maximum absolute atomic E-state index is 12.2. The van der Waals surface area contributed by atoms with Gasteiger partial charge in [-0.15, -0.1) is 6.58 Å². The number of nitrogens with one attached hydrogen (secondary N) is 1. The molecule has 0 unspecified atom stereocenters. The van der Waals surface area contributed by atoms with Crippen LogP contribution >= 0.6 is 0 Å². The van der Waals surface area contributed by atoms with Gasteiger partial charge in [-0.25, -0.2) is 0 Å². The van der Waals surface area contributed by atoms with E-state index in [0.717, 1.165) is 18.4 Å². The quantitative estimate of drug-likeness (QED) is 0.648. The first kappa shape index (κ1) is 19.4. The van der Waals surface area contributed by atoms with E-state index in [2.05, 4.69) is 11.9 Å². The van der Waals surface area contributed by atoms with Crippen LogP contribution in [0.4, 0.5) is 5.69 Å². The minimum Gasteiger partial charge on any atom is -0.493 e. The summed E-state index contributed by atoms with van der Waals surface area (Å²) in [5.41, 5.74) is 1.69. The van der Waals surface area contributed by atoms with E-state index in [1.54, 1.807) is 19.2 Å². The van der Waals surface area contributed by atoms with Crippen LogP contribution in [0.15, 0.2) is 55.1 Å². The standard InChI is InChI=1S/C21H25NO4/c1-4-8-16-11-12-19(20(14-16)24-3)26-15-21(23)22-17-9-6-7-10-18(17)25-13-5-2/h4,6-7,9-12,14H,1,5,8,13,15H2,2-3H3,(H,22,23). The van der Waals surface area contributed by atoms with Gasteiger partial charge in [0.05, 0.1) is 19.4 Å². The summed E-state index contributed by atoms with van der Waals surface area (Å²) >= 11 is 0. The fourth-order valence-corrected chi connectivity index (χ4v) is 2.36. The smallest absolute Gasteiger partial charge is 0.262 e. The minimum atomic E-state index is -0.269. The third-order valence-electron chi connectivity index (χ3n) is 3.59. The van der Waals surface area contributed by atoms with Gasteiger partial charge in [-0.1, -0.05) is 31.2 Å². The number of rotatable bonds is 10. The average molecular weight is 355 g/mol. The van der Waals surface area contributed by atoms with Crippen molar-refractivity contribution in [1.29, 1.82) is 0 Å². The molecular formula is C21H25NO4. The van der Waals surface area contributed by atoms with E-state index in [0.29, 0.717) is 29.5 Å². The van der Waals surface area contributed by atoms with E-state index < -0.39 is 0 Å². The molecule has 0 radical (unpaired) electrons. The van der Waals surface area contributed by atoms with Crippen LogP contribution in [0.3, 0.4) is 0 Å². The number of allylic oxidation sites excluding steroid dienone is 1. The first-order valence-corrected chi connectivity index (χ1v) is 8.60. The van der Waals surface area contributed by atoms with Crippen molar-refractivity contribution in [2.24, 2.45) is 0 Å². The monoisotopic (exact) mass is 355 g/mol. The van der Waals surface area contributed by atoms with E-state index in [1.807, 2.05) is 43.3 Å². The average Bonchev–Trinajstić information content (AvgIpc) is 2.66. The molecule has 2 aromatic carbocycles. The van der Waals surface area contributed by atoms with Gasteiger partial charge in [0.25, 0.3) is 5.91 Å². The molecule has 5 nitrogen and oxygen atoms in total. The number of hydrogen-bond donors (Lipinski definition) is 1. The summed E-state index contributed by atoms with van der Waals surface area (Å²) in [4.78, 5) is 12.2. The fraction of sp³-hybridized carbons (Fsp3) is 0.286. The van der Waals surface area contributed by atoms with Crippen molar-refractivity contribution in [3.63, 3.8) is 0 Å². The molecule has 0 heterocycles. The number of hydrogen-bond acceptors (Lipinski definition) is 4. The van der Waals surface area contributed by atoms with Crippen LogP contribution < -0.4 is 19.5 Å². The Morgan fingerprint density at radius 1 is 1.12 bits per heavy atom. The highest BCUT2D eigenvalue weighted by Crippen LogP contribution is 2.28. The normalized spacial score (nSPS) is 10.1. The molecule has 1 amide bonds. The number of carbonyl (C=O) groups excluding carboxylic acids is 1. The van der Waals surface area contributed by atoms with Crippen LogP contribution in [-0.2, 0) is 11.2 Å². The van der Waals surface area contributed by atoms with Crippen LogP contribution in [0.25, 0.3) is 0 Å². The van der Waals surface area contributed by atoms with E-state index in [-0.39, 0.29) is 12.5 Å². The van der Waals surface area contributed by atoms with Gasteiger partial charge < -0.3 is 19.5 Å². The van der Waals surface area contributed by atoms with Crippen molar-refractivity contribution in [1.82, 2.24) is 0 Å². The first-order valence-electron chi connectivity index (χ1n) is 8.60. The molecule has 26 heavy (non-hydrogen) atoms. The Labute approximate surface area is 154 Å². The van der Waals surface area contributed by atoms with E-state index in [4.69, 9.17) is 14.2 Å². The Bertz CT molecular complexity index is 743. The number of benzene rings is 2. The predicted octanol–water partition coefficient (Wildman–Crippen LogP) is 4.23. The highest BCUT2D eigenvalue weighted by Gasteiger charge is 2.11. The fourth-order valence-electron chi connectivity index (χ4n) is 2.36. The molecule has 5 heteroatoms. The van der Waals surface area contributed by atoms with Crippen LogP contribution in [-0.4, -0.2) is 26.2 Å². The van der Waals surface area contributed by atoms with Crippen molar-refractivity contribution in [3.05, 3.63) is 60.7 Å². The number of anilines is 1. The van der Waals surface area contributed by atoms with Gasteiger partial charge in [0.1, 0.15) is 5.75 Å². The van der Waals surface area contributed by atoms with Crippen molar-refractivity contribution >= 4 is 11.6 Å². The Morgan fingerprint density at radius 3 is 2.65 bits per heavy atom. The second kappa shape index (κ2) is 10.1. The summed E-state index contributed by atoms with van der Waals surface area (Å²) < 4.78 is 16.6. The number of para-hydroxylation sites is 2. The third-order valence-corrected chi connectivity index (χ3v) is 3.59. The van der Waals surface area contributed by atoms with Crippen molar-refractivity contribution in [2.45, 2.75) is 19.8 Å². The molecule has 0 atom stereocenters. The maximum atomic E-state index is 12.2. The molecule has 2 aromatic rings. The second-order valence-electron chi connectivity index (χ2n) is 5.66. The number of ether oxygens (including phenoxy) is 3. The summed E-state index contributed by atoms with van der Waals surface area (Å²) in [5.74, 6) is 1.48. The van der Waals surface area contributed by atoms with Crippen molar-refractivity contribution < 1.29 is 19.0 Å². The third kappa shape index (κ3) is 5.55. The van der Waals surface area contributed by atoms with Gasteiger partial charge in [0, 0.05) is 0 Å². The number of amides is 1. The SMILES string of the molecule is C=CCc1ccc(OCC(=O)Nc2ccccc2OCCC)c(OC)c1. The zero-order valence-electron chi connectivity index (χ0n) is 15.3. The summed E-state index contributed by atoms with van der Waals surface area (Å²) in [6, 6.07) is 12.9. The van der Waals surface area contributed by atoms with Crippen LogP contribution in [0.2, 0.25) is 0 Å². The second-order valence-corrected chi connectivity index (χ2v) is 5.66. The molecular weight excluding hydrogens is 330 g/mol. The molecule has 0 saturated heterocycles. The van der Waals surface area contributed by atoms with Gasteiger partial charge in [-0.2, -0.15) is 0 Å². The van der Waals surface area contributed by atoms with Gasteiger partial charge in [-0.05, 0) is 42.7 Å². The highest BCUT2D eigenvalue weighted by molar-refractivity contribution is 5.93. The zero-order chi connectivity index (χ0) is 18.8. The van der Waals surface area contributed by atoms with E-state index in [9.17, 15) is 4.79 Å². The molecule has 2 rings (SSSR count). The van der Waals surface area contributed by atoms with Crippen molar-refractivity contribution in [3.8, 4) is 17.2 Å². The maximum Gasteiger partial charge on any atom is 0.262 e. The summed E-state index contributed by atoms with van der Waals surface area (Å²) in [6.45, 7) is 6.22.